The van der Waals surface area contributed by atoms with E-state index in [-0.39, 0.29) is 0 Å². The quantitative estimate of drug-likeness (QED) is 0.846. The normalized spacial score (nSPS) is 19.4. The Bertz CT molecular complexity index is 489. The second kappa shape index (κ2) is 4.70. The Labute approximate surface area is 101 Å². The molecule has 0 aliphatic carbocycles. The van der Waals surface area contributed by atoms with E-state index >= 15 is 0 Å². The van der Waals surface area contributed by atoms with Crippen molar-refractivity contribution < 1.29 is 4.84 Å². The zero-order valence-corrected chi connectivity index (χ0v) is 9.60. The van der Waals surface area contributed by atoms with Gasteiger partial charge in [-0.05, 0) is 29.2 Å². The van der Waals surface area contributed by atoms with Gasteiger partial charge in [0.2, 0.25) is 0 Å². The molecule has 0 spiro atoms. The number of hydroxylamine groups is 1. The fourth-order valence-corrected chi connectivity index (χ4v) is 2.20. The van der Waals surface area contributed by atoms with Crippen molar-refractivity contribution in [3.05, 3.63) is 60.2 Å². The van der Waals surface area contributed by atoms with E-state index in [1.807, 2.05) is 6.07 Å². The summed E-state index contributed by atoms with van der Waals surface area (Å²) >= 11 is 0. The van der Waals surface area contributed by atoms with Crippen molar-refractivity contribution in [2.45, 2.75) is 12.5 Å². The van der Waals surface area contributed by atoms with E-state index in [9.17, 15) is 0 Å². The first-order valence-electron chi connectivity index (χ1n) is 5.96. The highest BCUT2D eigenvalue weighted by Gasteiger charge is 2.17. The number of nitrogens with one attached hydrogen (secondary N) is 1. The van der Waals surface area contributed by atoms with E-state index in [0.29, 0.717) is 6.04 Å². The van der Waals surface area contributed by atoms with Crippen LogP contribution in [0.4, 0.5) is 0 Å². The summed E-state index contributed by atoms with van der Waals surface area (Å²) in [5.74, 6) is 0. The van der Waals surface area contributed by atoms with Crippen molar-refractivity contribution in [3.8, 4) is 11.1 Å². The van der Waals surface area contributed by atoms with Gasteiger partial charge in [0.05, 0.1) is 12.6 Å². The molecule has 0 saturated carbocycles. The molecule has 1 N–H and O–H groups in total. The molecule has 1 aliphatic heterocycles. The van der Waals surface area contributed by atoms with Gasteiger partial charge in [0.25, 0.3) is 0 Å². The monoisotopic (exact) mass is 225 g/mol. The third-order valence-corrected chi connectivity index (χ3v) is 3.13. The summed E-state index contributed by atoms with van der Waals surface area (Å²) in [7, 11) is 0. The van der Waals surface area contributed by atoms with Crippen molar-refractivity contribution in [2.75, 3.05) is 6.61 Å². The average Bonchev–Trinajstić information content (AvgIpc) is 2.94. The molecule has 2 heteroatoms. The highest BCUT2D eigenvalue weighted by molar-refractivity contribution is 5.64. The zero-order valence-electron chi connectivity index (χ0n) is 9.60. The van der Waals surface area contributed by atoms with Crippen LogP contribution in [0.5, 0.6) is 0 Å². The Hall–Kier alpha value is -1.64. The summed E-state index contributed by atoms with van der Waals surface area (Å²) in [6.07, 6.45) is 1.04. The molecule has 0 amide bonds. The third kappa shape index (κ3) is 2.23. The Morgan fingerprint density at radius 3 is 2.53 bits per heavy atom. The van der Waals surface area contributed by atoms with E-state index < -0.39 is 0 Å². The molecule has 86 valence electrons. The molecule has 1 fully saturated rings. The van der Waals surface area contributed by atoms with Crippen LogP contribution in [0, 0.1) is 0 Å². The van der Waals surface area contributed by atoms with Crippen molar-refractivity contribution in [2.24, 2.45) is 0 Å². The van der Waals surface area contributed by atoms with Crippen molar-refractivity contribution in [1.82, 2.24) is 5.48 Å². The molecule has 2 nitrogen and oxygen atoms in total. The molecule has 1 atom stereocenters. The minimum atomic E-state index is 0.332. The number of benzene rings is 2. The molecule has 3 rings (SSSR count). The van der Waals surface area contributed by atoms with Crippen LogP contribution in [0.15, 0.2) is 54.6 Å². The molecule has 1 saturated heterocycles. The van der Waals surface area contributed by atoms with Gasteiger partial charge < -0.3 is 4.84 Å². The summed E-state index contributed by atoms with van der Waals surface area (Å²) in [6.45, 7) is 0.792. The lowest BCUT2D eigenvalue weighted by atomic mass is 9.99. The number of hydrogen-bond acceptors (Lipinski definition) is 2. The van der Waals surface area contributed by atoms with Gasteiger partial charge in [-0.1, -0.05) is 48.5 Å². The number of rotatable bonds is 2. The van der Waals surface area contributed by atoms with Gasteiger partial charge >= 0.3 is 0 Å². The lowest BCUT2D eigenvalue weighted by molar-refractivity contribution is 0.0883. The molecule has 2 aromatic carbocycles. The van der Waals surface area contributed by atoms with E-state index in [4.69, 9.17) is 4.84 Å². The van der Waals surface area contributed by atoms with Gasteiger partial charge in [-0.3, -0.25) is 0 Å². The van der Waals surface area contributed by atoms with E-state index in [1.165, 1.54) is 16.7 Å². The fourth-order valence-electron chi connectivity index (χ4n) is 2.20. The number of hydrogen-bond donors (Lipinski definition) is 1. The Morgan fingerprint density at radius 2 is 1.76 bits per heavy atom. The van der Waals surface area contributed by atoms with Gasteiger partial charge in [0, 0.05) is 0 Å². The molecule has 17 heavy (non-hydrogen) atoms. The maximum atomic E-state index is 5.21. The first kappa shape index (κ1) is 10.5. The van der Waals surface area contributed by atoms with Crippen LogP contribution in [0.3, 0.4) is 0 Å². The topological polar surface area (TPSA) is 21.3 Å². The predicted molar refractivity (Wildman–Crippen MR) is 68.3 cm³/mol. The van der Waals surface area contributed by atoms with Gasteiger partial charge in [0.1, 0.15) is 0 Å². The Kier molecular flexibility index (Phi) is 2.90. The molecule has 1 heterocycles. The second-order valence-corrected chi connectivity index (χ2v) is 4.30. The summed E-state index contributed by atoms with van der Waals surface area (Å²) in [5, 5.41) is 0. The fraction of sp³-hybridized carbons (Fsp3) is 0.200. The first-order chi connectivity index (χ1) is 8.43. The zero-order chi connectivity index (χ0) is 11.5. The van der Waals surface area contributed by atoms with Crippen LogP contribution in [0.25, 0.3) is 11.1 Å². The van der Waals surface area contributed by atoms with Crippen LogP contribution in [-0.2, 0) is 4.84 Å². The van der Waals surface area contributed by atoms with Gasteiger partial charge in [0.15, 0.2) is 0 Å². The third-order valence-electron chi connectivity index (χ3n) is 3.13. The maximum Gasteiger partial charge on any atom is 0.0701 e. The molecule has 0 unspecified atom stereocenters. The largest absolute Gasteiger partial charge is 0.301 e. The second-order valence-electron chi connectivity index (χ2n) is 4.30. The maximum absolute atomic E-state index is 5.21. The van der Waals surface area contributed by atoms with Crippen LogP contribution in [-0.4, -0.2) is 6.61 Å². The smallest absolute Gasteiger partial charge is 0.0701 e. The summed E-state index contributed by atoms with van der Waals surface area (Å²) < 4.78 is 0. The lowest BCUT2D eigenvalue weighted by Crippen LogP contribution is -2.11. The van der Waals surface area contributed by atoms with Crippen LogP contribution >= 0.6 is 0 Å². The van der Waals surface area contributed by atoms with Crippen LogP contribution in [0.1, 0.15) is 18.0 Å². The van der Waals surface area contributed by atoms with Gasteiger partial charge in [-0.15, -0.1) is 0 Å². The van der Waals surface area contributed by atoms with Crippen molar-refractivity contribution >= 4 is 0 Å². The molecular formula is C15H15NO. The lowest BCUT2D eigenvalue weighted by Gasteiger charge is -2.10. The van der Waals surface area contributed by atoms with Crippen molar-refractivity contribution in [1.29, 1.82) is 0 Å². The minimum Gasteiger partial charge on any atom is -0.301 e. The van der Waals surface area contributed by atoms with Gasteiger partial charge in [-0.25, -0.2) is 0 Å². The molecule has 0 aromatic heterocycles. The summed E-state index contributed by atoms with van der Waals surface area (Å²) in [6, 6.07) is 19.4. The summed E-state index contributed by atoms with van der Waals surface area (Å²) in [5.41, 5.74) is 6.87. The van der Waals surface area contributed by atoms with Crippen LogP contribution in [0.2, 0.25) is 0 Å². The molecule has 0 radical (unpaired) electrons. The molecule has 2 aromatic rings. The molecular weight excluding hydrogens is 210 g/mol. The van der Waals surface area contributed by atoms with E-state index in [0.717, 1.165) is 13.0 Å². The molecule has 1 aliphatic rings. The van der Waals surface area contributed by atoms with E-state index in [1.54, 1.807) is 0 Å². The van der Waals surface area contributed by atoms with Crippen LogP contribution < -0.4 is 5.48 Å². The molecule has 0 bridgehead atoms. The highest BCUT2D eigenvalue weighted by atomic mass is 16.7. The van der Waals surface area contributed by atoms with Crippen molar-refractivity contribution in [3.63, 3.8) is 0 Å². The standard InChI is InChI=1S/C15H15NO/c1-2-5-12(6-3-1)13-7-4-8-14(11-13)15-9-10-17-16-15/h1-8,11,15-16H,9-10H2/t15-/m1/s1. The Balaban J connectivity index is 1.94. The Morgan fingerprint density at radius 1 is 0.941 bits per heavy atom. The SMILES string of the molecule is c1ccc(-c2cccc([C@H]3CCON3)c2)cc1. The average molecular weight is 225 g/mol. The summed E-state index contributed by atoms with van der Waals surface area (Å²) in [4.78, 5) is 5.21. The van der Waals surface area contributed by atoms with Gasteiger partial charge in [-0.2, -0.15) is 5.48 Å². The van der Waals surface area contributed by atoms with E-state index in [2.05, 4.69) is 54.0 Å². The highest BCUT2D eigenvalue weighted by Crippen LogP contribution is 2.26. The predicted octanol–water partition coefficient (Wildman–Crippen LogP) is 3.32. The minimum absolute atomic E-state index is 0.332. The first-order valence-corrected chi connectivity index (χ1v) is 5.96.